The Kier molecular flexibility index (Phi) is 3.30. The Balaban J connectivity index is 2.23. The molecule has 4 nitrogen and oxygen atoms in total. The lowest BCUT2D eigenvalue weighted by Crippen LogP contribution is -2.40. The van der Waals surface area contributed by atoms with Crippen LogP contribution in [0.1, 0.15) is 38.8 Å². The van der Waals surface area contributed by atoms with Crippen molar-refractivity contribution in [3.05, 3.63) is 18.0 Å². The van der Waals surface area contributed by atoms with E-state index in [-0.39, 0.29) is 6.10 Å². The lowest BCUT2D eigenvalue weighted by Gasteiger charge is -2.36. The quantitative estimate of drug-likeness (QED) is 0.849. The fraction of sp³-hybridized carbons (Fsp3) is 0.750. The SMILES string of the molecule is CCC1CC(O)(c2ccnn2CC)CCO1. The first kappa shape index (κ1) is 11.6. The zero-order chi connectivity index (χ0) is 11.6. The van der Waals surface area contributed by atoms with E-state index in [0.717, 1.165) is 18.7 Å². The Labute approximate surface area is 96.2 Å². The average Bonchev–Trinajstić information content (AvgIpc) is 2.78. The van der Waals surface area contributed by atoms with Gasteiger partial charge in [0, 0.05) is 25.6 Å². The van der Waals surface area contributed by atoms with E-state index in [1.54, 1.807) is 6.20 Å². The highest BCUT2D eigenvalue weighted by Gasteiger charge is 2.38. The maximum absolute atomic E-state index is 10.7. The second kappa shape index (κ2) is 4.55. The Morgan fingerprint density at radius 2 is 2.44 bits per heavy atom. The molecule has 2 unspecified atom stereocenters. The smallest absolute Gasteiger partial charge is 0.111 e. The summed E-state index contributed by atoms with van der Waals surface area (Å²) in [6.45, 7) is 5.55. The van der Waals surface area contributed by atoms with Crippen molar-refractivity contribution in [1.29, 1.82) is 0 Å². The summed E-state index contributed by atoms with van der Waals surface area (Å²) in [5.74, 6) is 0. The van der Waals surface area contributed by atoms with Gasteiger partial charge in [-0.2, -0.15) is 5.10 Å². The highest BCUT2D eigenvalue weighted by atomic mass is 16.5. The molecule has 1 N–H and O–H groups in total. The van der Waals surface area contributed by atoms with Crippen molar-refractivity contribution in [2.24, 2.45) is 0 Å². The fourth-order valence-electron chi connectivity index (χ4n) is 2.41. The predicted octanol–water partition coefficient (Wildman–Crippen LogP) is 1.68. The van der Waals surface area contributed by atoms with Gasteiger partial charge in [0.1, 0.15) is 5.60 Å². The first-order valence-electron chi connectivity index (χ1n) is 6.06. The number of nitrogens with zero attached hydrogens (tertiary/aromatic N) is 2. The van der Waals surface area contributed by atoms with E-state index >= 15 is 0 Å². The van der Waals surface area contributed by atoms with Crippen molar-refractivity contribution in [2.45, 2.75) is 51.4 Å². The number of aliphatic hydroxyl groups is 1. The molecule has 1 aromatic heterocycles. The van der Waals surface area contributed by atoms with Crippen LogP contribution in [0.15, 0.2) is 12.3 Å². The first-order valence-corrected chi connectivity index (χ1v) is 6.06. The van der Waals surface area contributed by atoms with Crippen molar-refractivity contribution in [1.82, 2.24) is 9.78 Å². The van der Waals surface area contributed by atoms with E-state index < -0.39 is 5.60 Å². The van der Waals surface area contributed by atoms with Gasteiger partial charge in [-0.15, -0.1) is 0 Å². The van der Waals surface area contributed by atoms with Gasteiger partial charge in [0.15, 0.2) is 0 Å². The summed E-state index contributed by atoms with van der Waals surface area (Å²) >= 11 is 0. The van der Waals surface area contributed by atoms with Gasteiger partial charge in [0.25, 0.3) is 0 Å². The molecule has 1 aromatic rings. The molecule has 2 rings (SSSR count). The van der Waals surface area contributed by atoms with Gasteiger partial charge in [0.2, 0.25) is 0 Å². The summed E-state index contributed by atoms with van der Waals surface area (Å²) < 4.78 is 7.48. The van der Waals surface area contributed by atoms with Crippen molar-refractivity contribution >= 4 is 0 Å². The third-order valence-electron chi connectivity index (χ3n) is 3.38. The minimum atomic E-state index is -0.758. The molecule has 0 spiro atoms. The Morgan fingerprint density at radius 3 is 3.12 bits per heavy atom. The van der Waals surface area contributed by atoms with E-state index in [4.69, 9.17) is 4.74 Å². The molecule has 2 heterocycles. The third kappa shape index (κ3) is 1.99. The highest BCUT2D eigenvalue weighted by molar-refractivity contribution is 5.13. The lowest BCUT2D eigenvalue weighted by molar-refractivity contribution is -0.112. The zero-order valence-corrected chi connectivity index (χ0v) is 10.0. The summed E-state index contributed by atoms with van der Waals surface area (Å²) in [6.07, 6.45) is 4.21. The van der Waals surface area contributed by atoms with Gasteiger partial charge in [-0.05, 0) is 19.4 Å². The van der Waals surface area contributed by atoms with Crippen LogP contribution in [-0.2, 0) is 16.9 Å². The average molecular weight is 224 g/mol. The molecule has 1 aliphatic heterocycles. The van der Waals surface area contributed by atoms with E-state index in [9.17, 15) is 5.11 Å². The second-order valence-electron chi connectivity index (χ2n) is 4.42. The number of rotatable bonds is 3. The van der Waals surface area contributed by atoms with Crippen LogP contribution in [-0.4, -0.2) is 27.6 Å². The summed E-state index contributed by atoms with van der Waals surface area (Å²) in [6, 6.07) is 1.92. The predicted molar refractivity (Wildman–Crippen MR) is 61.1 cm³/mol. The van der Waals surface area contributed by atoms with Gasteiger partial charge in [0.05, 0.1) is 18.4 Å². The summed E-state index contributed by atoms with van der Waals surface area (Å²) in [5, 5.41) is 14.9. The number of aryl methyl sites for hydroxylation is 1. The number of hydrogen-bond acceptors (Lipinski definition) is 3. The summed E-state index contributed by atoms with van der Waals surface area (Å²) in [5.41, 5.74) is 0.169. The van der Waals surface area contributed by atoms with Crippen LogP contribution in [0.5, 0.6) is 0 Å². The monoisotopic (exact) mass is 224 g/mol. The van der Waals surface area contributed by atoms with E-state index in [1.165, 1.54) is 0 Å². The van der Waals surface area contributed by atoms with Crippen LogP contribution in [0.4, 0.5) is 0 Å². The standard InChI is InChI=1S/C12H20N2O2/c1-3-10-9-12(15,6-8-16-10)11-5-7-13-14(11)4-2/h5,7,10,15H,3-4,6,8-9H2,1-2H3. The molecule has 0 amide bonds. The molecule has 0 aliphatic carbocycles. The maximum atomic E-state index is 10.7. The van der Waals surface area contributed by atoms with Crippen molar-refractivity contribution < 1.29 is 9.84 Å². The molecule has 0 bridgehead atoms. The van der Waals surface area contributed by atoms with Crippen LogP contribution >= 0.6 is 0 Å². The summed E-state index contributed by atoms with van der Waals surface area (Å²) in [7, 11) is 0. The number of aromatic nitrogens is 2. The molecule has 1 fully saturated rings. The maximum Gasteiger partial charge on any atom is 0.111 e. The topological polar surface area (TPSA) is 47.3 Å². The normalized spacial score (nSPS) is 30.6. The molecule has 0 radical (unpaired) electrons. The minimum Gasteiger partial charge on any atom is -0.383 e. The van der Waals surface area contributed by atoms with Crippen LogP contribution in [0.3, 0.4) is 0 Å². The Bertz CT molecular complexity index is 351. The zero-order valence-electron chi connectivity index (χ0n) is 10.0. The Morgan fingerprint density at radius 1 is 1.62 bits per heavy atom. The fourth-order valence-corrected chi connectivity index (χ4v) is 2.41. The van der Waals surface area contributed by atoms with Crippen LogP contribution in [0.25, 0.3) is 0 Å². The number of hydrogen-bond donors (Lipinski definition) is 1. The molecule has 90 valence electrons. The molecule has 2 atom stereocenters. The summed E-state index contributed by atoms with van der Waals surface area (Å²) in [4.78, 5) is 0. The molecule has 0 saturated carbocycles. The Hall–Kier alpha value is -0.870. The molecule has 0 aromatic carbocycles. The first-order chi connectivity index (χ1) is 7.69. The minimum absolute atomic E-state index is 0.166. The highest BCUT2D eigenvalue weighted by Crippen LogP contribution is 2.35. The van der Waals surface area contributed by atoms with Crippen molar-refractivity contribution in [2.75, 3.05) is 6.61 Å². The van der Waals surface area contributed by atoms with Gasteiger partial charge in [-0.3, -0.25) is 4.68 Å². The van der Waals surface area contributed by atoms with Crippen LogP contribution in [0, 0.1) is 0 Å². The van der Waals surface area contributed by atoms with Gasteiger partial charge in [-0.25, -0.2) is 0 Å². The molecule has 1 aliphatic rings. The van der Waals surface area contributed by atoms with Gasteiger partial charge in [-0.1, -0.05) is 6.92 Å². The van der Waals surface area contributed by atoms with Crippen LogP contribution in [0.2, 0.25) is 0 Å². The third-order valence-corrected chi connectivity index (χ3v) is 3.38. The van der Waals surface area contributed by atoms with Crippen LogP contribution < -0.4 is 0 Å². The van der Waals surface area contributed by atoms with Crippen molar-refractivity contribution in [3.8, 4) is 0 Å². The van der Waals surface area contributed by atoms with Gasteiger partial charge < -0.3 is 9.84 Å². The molecular weight excluding hydrogens is 204 g/mol. The molecule has 4 heteroatoms. The van der Waals surface area contributed by atoms with Gasteiger partial charge >= 0.3 is 0 Å². The van der Waals surface area contributed by atoms with Crippen molar-refractivity contribution in [3.63, 3.8) is 0 Å². The van der Waals surface area contributed by atoms with E-state index in [1.807, 2.05) is 17.7 Å². The van der Waals surface area contributed by atoms with E-state index in [2.05, 4.69) is 12.0 Å². The molecule has 16 heavy (non-hydrogen) atoms. The second-order valence-corrected chi connectivity index (χ2v) is 4.42. The molecule has 1 saturated heterocycles. The largest absolute Gasteiger partial charge is 0.383 e. The lowest BCUT2D eigenvalue weighted by atomic mass is 9.86. The number of ether oxygens (including phenoxy) is 1. The van der Waals surface area contributed by atoms with E-state index in [0.29, 0.717) is 19.4 Å². The molecular formula is C12H20N2O2.